The summed E-state index contributed by atoms with van der Waals surface area (Å²) in [6, 6.07) is 2.76. The maximum absolute atomic E-state index is 13.7. The van der Waals surface area contributed by atoms with Crippen molar-refractivity contribution in [3.63, 3.8) is 0 Å². The van der Waals surface area contributed by atoms with Crippen molar-refractivity contribution in [3.8, 4) is 0 Å². The molecule has 1 rings (SSSR count). The molecule has 2 unspecified atom stereocenters. The third-order valence-electron chi connectivity index (χ3n) is 2.94. The molecule has 1 N–H and O–H groups in total. The van der Waals surface area contributed by atoms with Crippen molar-refractivity contribution in [1.82, 2.24) is 4.90 Å². The van der Waals surface area contributed by atoms with Crippen molar-refractivity contribution >= 4 is 5.97 Å². The van der Waals surface area contributed by atoms with E-state index in [-0.39, 0.29) is 12.0 Å². The van der Waals surface area contributed by atoms with E-state index in [0.717, 1.165) is 18.2 Å². The lowest BCUT2D eigenvalue weighted by Crippen LogP contribution is -2.25. The van der Waals surface area contributed by atoms with Crippen LogP contribution in [0.25, 0.3) is 0 Å². The number of aliphatic carboxylic acids is 1. The number of carboxylic acids is 1. The summed E-state index contributed by atoms with van der Waals surface area (Å²) in [5.41, 5.74) is 0.188. The lowest BCUT2D eigenvalue weighted by molar-refractivity contribution is -0.141. The monoisotopic (exact) mass is 257 g/mol. The largest absolute Gasteiger partial charge is 0.481 e. The van der Waals surface area contributed by atoms with Crippen LogP contribution in [0.1, 0.15) is 24.9 Å². The van der Waals surface area contributed by atoms with Crippen LogP contribution in [-0.2, 0) is 4.79 Å². The fourth-order valence-electron chi connectivity index (χ4n) is 1.82. The zero-order valence-electron chi connectivity index (χ0n) is 10.7. The molecule has 5 heteroatoms. The van der Waals surface area contributed by atoms with Gasteiger partial charge in [0.1, 0.15) is 11.6 Å². The van der Waals surface area contributed by atoms with E-state index in [1.165, 1.54) is 0 Å². The van der Waals surface area contributed by atoms with Crippen LogP contribution in [-0.4, -0.2) is 30.1 Å². The Morgan fingerprint density at radius 2 is 2.00 bits per heavy atom. The number of carboxylic acid groups (broad SMARTS) is 1. The first-order valence-electron chi connectivity index (χ1n) is 5.67. The average molecular weight is 257 g/mol. The summed E-state index contributed by atoms with van der Waals surface area (Å²) >= 11 is 0. The minimum absolute atomic E-state index is 0.188. The van der Waals surface area contributed by atoms with Crippen LogP contribution < -0.4 is 0 Å². The fourth-order valence-corrected chi connectivity index (χ4v) is 1.82. The SMILES string of the molecule is CC(CC(c1cc(F)ccc1F)N(C)C)C(=O)O. The van der Waals surface area contributed by atoms with Gasteiger partial charge in [-0.1, -0.05) is 6.92 Å². The Kier molecular flexibility index (Phi) is 4.78. The van der Waals surface area contributed by atoms with Gasteiger partial charge >= 0.3 is 5.97 Å². The van der Waals surface area contributed by atoms with Gasteiger partial charge in [0, 0.05) is 11.6 Å². The summed E-state index contributed by atoms with van der Waals surface area (Å²) in [6.07, 6.45) is 0.225. The van der Waals surface area contributed by atoms with Crippen molar-refractivity contribution in [2.45, 2.75) is 19.4 Å². The number of hydrogen-bond donors (Lipinski definition) is 1. The standard InChI is InChI=1S/C13H17F2NO2/c1-8(13(17)18)6-12(16(2)3)10-7-9(14)4-5-11(10)15/h4-5,7-8,12H,6H2,1-3H3,(H,17,18). The Balaban J connectivity index is 3.04. The Bertz CT molecular complexity index is 435. The summed E-state index contributed by atoms with van der Waals surface area (Å²) in [7, 11) is 3.42. The molecular formula is C13H17F2NO2. The molecule has 0 amide bonds. The second-order valence-corrected chi connectivity index (χ2v) is 4.62. The Morgan fingerprint density at radius 3 is 2.50 bits per heavy atom. The van der Waals surface area contributed by atoms with Gasteiger partial charge in [-0.3, -0.25) is 4.79 Å². The molecule has 0 saturated carbocycles. The van der Waals surface area contributed by atoms with Crippen LogP contribution in [0.2, 0.25) is 0 Å². The van der Waals surface area contributed by atoms with Crippen LogP contribution in [0, 0.1) is 17.6 Å². The third-order valence-corrected chi connectivity index (χ3v) is 2.94. The highest BCUT2D eigenvalue weighted by Gasteiger charge is 2.24. The maximum atomic E-state index is 13.7. The van der Waals surface area contributed by atoms with Crippen LogP contribution in [0.3, 0.4) is 0 Å². The summed E-state index contributed by atoms with van der Waals surface area (Å²) in [6.45, 7) is 1.55. The molecule has 1 aromatic carbocycles. The second kappa shape index (κ2) is 5.91. The predicted octanol–water partition coefficient (Wildman–Crippen LogP) is 2.68. The Hall–Kier alpha value is -1.49. The smallest absolute Gasteiger partial charge is 0.306 e. The van der Waals surface area contributed by atoms with E-state index in [9.17, 15) is 13.6 Å². The van der Waals surface area contributed by atoms with E-state index in [1.54, 1.807) is 25.9 Å². The Labute approximate surface area is 105 Å². The van der Waals surface area contributed by atoms with Gasteiger partial charge in [0.25, 0.3) is 0 Å². The van der Waals surface area contributed by atoms with Gasteiger partial charge in [-0.25, -0.2) is 8.78 Å². The second-order valence-electron chi connectivity index (χ2n) is 4.62. The van der Waals surface area contributed by atoms with Crippen molar-refractivity contribution in [3.05, 3.63) is 35.4 Å². The van der Waals surface area contributed by atoms with E-state index in [2.05, 4.69) is 0 Å². The molecule has 18 heavy (non-hydrogen) atoms. The normalized spacial score (nSPS) is 14.6. The van der Waals surface area contributed by atoms with Crippen LogP contribution in [0.4, 0.5) is 8.78 Å². The molecule has 0 spiro atoms. The number of carbonyl (C=O) groups is 1. The molecule has 100 valence electrons. The van der Waals surface area contributed by atoms with Crippen molar-refractivity contribution in [1.29, 1.82) is 0 Å². The molecule has 0 saturated heterocycles. The number of benzene rings is 1. The zero-order chi connectivity index (χ0) is 13.9. The minimum atomic E-state index is -0.946. The van der Waals surface area contributed by atoms with E-state index in [0.29, 0.717) is 0 Å². The third kappa shape index (κ3) is 3.50. The number of nitrogens with zero attached hydrogens (tertiary/aromatic N) is 1. The molecular weight excluding hydrogens is 240 g/mol. The van der Waals surface area contributed by atoms with Crippen LogP contribution in [0.5, 0.6) is 0 Å². The maximum Gasteiger partial charge on any atom is 0.306 e. The summed E-state index contributed by atoms with van der Waals surface area (Å²) < 4.78 is 26.9. The summed E-state index contributed by atoms with van der Waals surface area (Å²) in [4.78, 5) is 12.5. The van der Waals surface area contributed by atoms with E-state index < -0.39 is 29.6 Å². The van der Waals surface area contributed by atoms with Gasteiger partial charge < -0.3 is 10.0 Å². The molecule has 0 heterocycles. The Morgan fingerprint density at radius 1 is 1.39 bits per heavy atom. The minimum Gasteiger partial charge on any atom is -0.481 e. The van der Waals surface area contributed by atoms with Gasteiger partial charge in [-0.15, -0.1) is 0 Å². The van der Waals surface area contributed by atoms with Gasteiger partial charge in [-0.05, 0) is 38.7 Å². The average Bonchev–Trinajstić information content (AvgIpc) is 2.28. The molecule has 0 aliphatic rings. The molecule has 0 aliphatic carbocycles. The molecule has 0 aliphatic heterocycles. The fraction of sp³-hybridized carbons (Fsp3) is 0.462. The first kappa shape index (κ1) is 14.6. The predicted molar refractivity (Wildman–Crippen MR) is 64.2 cm³/mol. The summed E-state index contributed by atoms with van der Waals surface area (Å²) in [5.74, 6) is -2.62. The number of hydrogen-bond acceptors (Lipinski definition) is 2. The molecule has 1 aromatic rings. The lowest BCUT2D eigenvalue weighted by atomic mass is 9.94. The lowest BCUT2D eigenvalue weighted by Gasteiger charge is -2.26. The number of rotatable bonds is 5. The summed E-state index contributed by atoms with van der Waals surface area (Å²) in [5, 5.41) is 8.90. The first-order chi connectivity index (χ1) is 8.32. The van der Waals surface area contributed by atoms with Gasteiger partial charge in [-0.2, -0.15) is 0 Å². The van der Waals surface area contributed by atoms with Crippen LogP contribution in [0.15, 0.2) is 18.2 Å². The van der Waals surface area contributed by atoms with Crippen molar-refractivity contribution in [2.24, 2.45) is 5.92 Å². The molecule has 0 bridgehead atoms. The van der Waals surface area contributed by atoms with Crippen molar-refractivity contribution < 1.29 is 18.7 Å². The molecule has 2 atom stereocenters. The van der Waals surface area contributed by atoms with Gasteiger partial charge in [0.2, 0.25) is 0 Å². The topological polar surface area (TPSA) is 40.5 Å². The molecule has 0 aromatic heterocycles. The molecule has 0 fully saturated rings. The van der Waals surface area contributed by atoms with Gasteiger partial charge in [0.15, 0.2) is 0 Å². The highest BCUT2D eigenvalue weighted by molar-refractivity contribution is 5.69. The van der Waals surface area contributed by atoms with E-state index in [1.807, 2.05) is 0 Å². The zero-order valence-corrected chi connectivity index (χ0v) is 10.7. The highest BCUT2D eigenvalue weighted by Crippen LogP contribution is 2.28. The number of halogens is 2. The first-order valence-corrected chi connectivity index (χ1v) is 5.67. The van der Waals surface area contributed by atoms with Crippen molar-refractivity contribution in [2.75, 3.05) is 14.1 Å². The van der Waals surface area contributed by atoms with E-state index >= 15 is 0 Å². The van der Waals surface area contributed by atoms with Gasteiger partial charge in [0.05, 0.1) is 5.92 Å². The molecule has 0 radical (unpaired) electrons. The highest BCUT2D eigenvalue weighted by atomic mass is 19.1. The van der Waals surface area contributed by atoms with E-state index in [4.69, 9.17) is 5.11 Å². The quantitative estimate of drug-likeness (QED) is 0.881. The molecule has 3 nitrogen and oxygen atoms in total. The van der Waals surface area contributed by atoms with Crippen LogP contribution >= 0.6 is 0 Å².